The van der Waals surface area contributed by atoms with Crippen LogP contribution in [0.25, 0.3) is 0 Å². The molecule has 0 aliphatic rings. The third-order valence-electron chi connectivity index (χ3n) is 2.31. The van der Waals surface area contributed by atoms with Gasteiger partial charge in [0.05, 0.1) is 0 Å². The molecule has 2 rings (SSSR count). The van der Waals surface area contributed by atoms with Crippen LogP contribution in [0.1, 0.15) is 10.4 Å². The number of aromatic nitrogens is 1. The molecule has 0 saturated heterocycles. The maximum Gasteiger partial charge on any atom is 0.387 e. The molecule has 0 fully saturated rings. The zero-order valence-electron chi connectivity index (χ0n) is 10.0. The molecule has 1 N–H and O–H groups in total. The number of hydrogen-bond acceptors (Lipinski definition) is 3. The minimum absolute atomic E-state index is 0.0197. The Bertz CT molecular complexity index is 623. The molecule has 0 bridgehead atoms. The Morgan fingerprint density at radius 2 is 2.10 bits per heavy atom. The summed E-state index contributed by atoms with van der Waals surface area (Å²) in [6.45, 7) is -2.91. The summed E-state index contributed by atoms with van der Waals surface area (Å²) in [7, 11) is 0. The van der Waals surface area contributed by atoms with E-state index in [-0.39, 0.29) is 11.7 Å². The highest BCUT2D eigenvalue weighted by Crippen LogP contribution is 2.20. The van der Waals surface area contributed by atoms with Crippen molar-refractivity contribution in [2.75, 3.05) is 5.32 Å². The molecule has 1 aromatic heterocycles. The fraction of sp³-hybridized carbons (Fsp3) is 0.0769. The fourth-order valence-electron chi connectivity index (χ4n) is 1.50. The van der Waals surface area contributed by atoms with Crippen LogP contribution < -0.4 is 10.1 Å². The van der Waals surface area contributed by atoms with Crippen molar-refractivity contribution in [2.45, 2.75) is 6.61 Å². The van der Waals surface area contributed by atoms with Crippen LogP contribution in [0.2, 0.25) is 0 Å². The summed E-state index contributed by atoms with van der Waals surface area (Å²) >= 11 is 3.16. The van der Waals surface area contributed by atoms with Crippen LogP contribution in [-0.2, 0) is 0 Å². The van der Waals surface area contributed by atoms with Crippen molar-refractivity contribution in [3.8, 4) is 5.75 Å². The molecule has 1 amide bonds. The van der Waals surface area contributed by atoms with Gasteiger partial charge in [-0.2, -0.15) is 8.78 Å². The summed E-state index contributed by atoms with van der Waals surface area (Å²) in [5.74, 6) is -0.393. The van der Waals surface area contributed by atoms with Crippen molar-refractivity contribution in [3.63, 3.8) is 0 Å². The molecule has 20 heavy (non-hydrogen) atoms. The Hall–Kier alpha value is -2.02. The first-order chi connectivity index (χ1) is 9.54. The first-order valence-corrected chi connectivity index (χ1v) is 6.31. The number of rotatable bonds is 4. The second-order valence-electron chi connectivity index (χ2n) is 3.73. The summed E-state index contributed by atoms with van der Waals surface area (Å²) in [5, 5.41) is 2.59. The van der Waals surface area contributed by atoms with Gasteiger partial charge in [-0.3, -0.25) is 4.79 Å². The third-order valence-corrected chi connectivity index (χ3v) is 2.74. The molecular weight excluding hydrogens is 334 g/mol. The Morgan fingerprint density at radius 1 is 1.30 bits per heavy atom. The maximum atomic E-state index is 12.1. The number of ether oxygens (including phenoxy) is 1. The van der Waals surface area contributed by atoms with Crippen molar-refractivity contribution in [1.82, 2.24) is 4.98 Å². The lowest BCUT2D eigenvalue weighted by molar-refractivity contribution is -0.0497. The van der Waals surface area contributed by atoms with Gasteiger partial charge in [0.25, 0.3) is 5.91 Å². The van der Waals surface area contributed by atoms with Crippen molar-refractivity contribution in [3.05, 3.63) is 52.8 Å². The predicted octanol–water partition coefficient (Wildman–Crippen LogP) is 3.70. The van der Waals surface area contributed by atoms with E-state index >= 15 is 0 Å². The van der Waals surface area contributed by atoms with Gasteiger partial charge < -0.3 is 10.1 Å². The van der Waals surface area contributed by atoms with Crippen LogP contribution in [0.4, 0.5) is 14.5 Å². The summed E-state index contributed by atoms with van der Waals surface area (Å²) < 4.78 is 29.0. The Labute approximate surface area is 121 Å². The van der Waals surface area contributed by atoms with Gasteiger partial charge in [0, 0.05) is 23.5 Å². The van der Waals surface area contributed by atoms with Gasteiger partial charge in [0.15, 0.2) is 0 Å². The minimum Gasteiger partial charge on any atom is -0.435 e. The highest BCUT2D eigenvalue weighted by molar-refractivity contribution is 9.10. The lowest BCUT2D eigenvalue weighted by Crippen LogP contribution is -2.12. The number of amides is 1. The largest absolute Gasteiger partial charge is 0.435 e. The monoisotopic (exact) mass is 342 g/mol. The molecule has 0 aliphatic heterocycles. The number of alkyl halides is 2. The third kappa shape index (κ3) is 3.99. The van der Waals surface area contributed by atoms with Crippen LogP contribution in [0, 0.1) is 0 Å². The smallest absolute Gasteiger partial charge is 0.387 e. The number of benzene rings is 1. The van der Waals surface area contributed by atoms with Crippen molar-refractivity contribution in [2.24, 2.45) is 0 Å². The molecule has 0 aliphatic carbocycles. The fourth-order valence-corrected chi connectivity index (χ4v) is 1.86. The van der Waals surface area contributed by atoms with Gasteiger partial charge in [0.2, 0.25) is 0 Å². The number of carbonyl (C=O) groups is 1. The summed E-state index contributed by atoms with van der Waals surface area (Å²) in [6.07, 6.45) is 1.48. The summed E-state index contributed by atoms with van der Waals surface area (Å²) in [5.41, 5.74) is 0.758. The molecule has 0 spiro atoms. The van der Waals surface area contributed by atoms with Crippen LogP contribution >= 0.6 is 15.9 Å². The number of hydrogen-bond donors (Lipinski definition) is 1. The maximum absolute atomic E-state index is 12.1. The van der Waals surface area contributed by atoms with Crippen molar-refractivity contribution in [1.29, 1.82) is 0 Å². The van der Waals surface area contributed by atoms with Gasteiger partial charge in [0.1, 0.15) is 10.4 Å². The van der Waals surface area contributed by atoms with Crippen LogP contribution in [0.15, 0.2) is 47.2 Å². The average Bonchev–Trinajstić information content (AvgIpc) is 2.38. The second kappa shape index (κ2) is 6.42. The zero-order chi connectivity index (χ0) is 14.5. The van der Waals surface area contributed by atoms with Crippen LogP contribution in [0.3, 0.4) is 0 Å². The van der Waals surface area contributed by atoms with E-state index < -0.39 is 6.61 Å². The summed E-state index contributed by atoms with van der Waals surface area (Å²) in [4.78, 5) is 15.9. The highest BCUT2D eigenvalue weighted by atomic mass is 79.9. The Balaban J connectivity index is 2.11. The Morgan fingerprint density at radius 3 is 2.80 bits per heavy atom. The molecule has 2 aromatic rings. The van der Waals surface area contributed by atoms with E-state index in [4.69, 9.17) is 0 Å². The predicted molar refractivity (Wildman–Crippen MR) is 73.0 cm³/mol. The molecule has 7 heteroatoms. The number of pyridine rings is 1. The van der Waals surface area contributed by atoms with Gasteiger partial charge in [-0.15, -0.1) is 0 Å². The molecule has 0 atom stereocenters. The van der Waals surface area contributed by atoms with E-state index in [1.807, 2.05) is 0 Å². The van der Waals surface area contributed by atoms with E-state index in [0.717, 1.165) is 0 Å². The topological polar surface area (TPSA) is 51.2 Å². The standard InChI is InChI=1S/C13H9BrF2N2O2/c14-11-6-8(4-5-17-11)12(19)18-9-2-1-3-10(7-9)20-13(15)16/h1-7,13H,(H,18,19). The molecule has 0 unspecified atom stereocenters. The van der Waals surface area contributed by atoms with E-state index in [1.165, 1.54) is 24.4 Å². The molecule has 1 heterocycles. The lowest BCUT2D eigenvalue weighted by Gasteiger charge is -2.08. The minimum atomic E-state index is -2.91. The molecule has 4 nitrogen and oxygen atoms in total. The molecule has 0 radical (unpaired) electrons. The van der Waals surface area contributed by atoms with E-state index in [1.54, 1.807) is 18.2 Å². The number of carbonyl (C=O) groups excluding carboxylic acids is 1. The number of anilines is 1. The van der Waals surface area contributed by atoms with E-state index in [0.29, 0.717) is 15.9 Å². The zero-order valence-corrected chi connectivity index (χ0v) is 11.6. The van der Waals surface area contributed by atoms with E-state index in [2.05, 4.69) is 31.0 Å². The Kier molecular flexibility index (Phi) is 4.62. The molecule has 104 valence electrons. The van der Waals surface area contributed by atoms with Gasteiger partial charge in [-0.25, -0.2) is 4.98 Å². The first kappa shape index (κ1) is 14.4. The van der Waals surface area contributed by atoms with E-state index in [9.17, 15) is 13.6 Å². The quantitative estimate of drug-likeness (QED) is 0.862. The van der Waals surface area contributed by atoms with Gasteiger partial charge >= 0.3 is 6.61 Å². The number of halogens is 3. The summed E-state index contributed by atoms with van der Waals surface area (Å²) in [6, 6.07) is 8.88. The number of nitrogens with zero attached hydrogens (tertiary/aromatic N) is 1. The average molecular weight is 343 g/mol. The van der Waals surface area contributed by atoms with Gasteiger partial charge in [-0.1, -0.05) is 6.07 Å². The lowest BCUT2D eigenvalue weighted by atomic mass is 10.2. The van der Waals surface area contributed by atoms with Crippen LogP contribution in [0.5, 0.6) is 5.75 Å². The second-order valence-corrected chi connectivity index (χ2v) is 4.54. The number of nitrogens with one attached hydrogen (secondary N) is 1. The normalized spacial score (nSPS) is 10.4. The van der Waals surface area contributed by atoms with Crippen molar-refractivity contribution < 1.29 is 18.3 Å². The molecular formula is C13H9BrF2N2O2. The first-order valence-electron chi connectivity index (χ1n) is 5.52. The van der Waals surface area contributed by atoms with Crippen LogP contribution in [-0.4, -0.2) is 17.5 Å². The van der Waals surface area contributed by atoms with Gasteiger partial charge in [-0.05, 0) is 40.2 Å². The van der Waals surface area contributed by atoms with Crippen molar-refractivity contribution >= 4 is 27.5 Å². The molecule has 0 saturated carbocycles. The molecule has 1 aromatic carbocycles. The SMILES string of the molecule is O=C(Nc1cccc(OC(F)F)c1)c1ccnc(Br)c1. The highest BCUT2D eigenvalue weighted by Gasteiger charge is 2.09.